The number of rotatable bonds is 6. The molecule has 0 bridgehead atoms. The Balaban J connectivity index is 1.57. The number of carbonyl (C=O) groups is 1. The minimum Gasteiger partial charge on any atom is -0.493 e. The second-order valence-electron chi connectivity index (χ2n) is 7.99. The summed E-state index contributed by atoms with van der Waals surface area (Å²) in [6.07, 6.45) is 1.69. The molecule has 1 amide bonds. The summed E-state index contributed by atoms with van der Waals surface area (Å²) >= 11 is 7.15. The van der Waals surface area contributed by atoms with E-state index in [4.69, 9.17) is 25.8 Å². The third-order valence-corrected chi connectivity index (χ3v) is 6.73. The van der Waals surface area contributed by atoms with Crippen LogP contribution in [0, 0.1) is 20.8 Å². The number of fused-ring (bicyclic) bond motifs is 1. The van der Waals surface area contributed by atoms with E-state index < -0.39 is 0 Å². The number of aryl methyl sites for hydroxylation is 3. The van der Waals surface area contributed by atoms with E-state index in [1.807, 2.05) is 63.2 Å². The summed E-state index contributed by atoms with van der Waals surface area (Å²) in [4.78, 5) is 18.0. The van der Waals surface area contributed by atoms with Gasteiger partial charge < -0.3 is 19.5 Å². The lowest BCUT2D eigenvalue weighted by Gasteiger charge is -2.16. The highest BCUT2D eigenvalue weighted by atomic mass is 35.5. The quantitative estimate of drug-likeness (QED) is 0.266. The number of aromatic nitrogens is 1. The molecule has 4 rings (SSSR count). The van der Waals surface area contributed by atoms with Gasteiger partial charge in [0.25, 0.3) is 5.24 Å². The maximum absolute atomic E-state index is 12.7. The molecule has 0 aliphatic rings. The van der Waals surface area contributed by atoms with Crippen LogP contribution in [0.15, 0.2) is 59.6 Å². The van der Waals surface area contributed by atoms with Crippen LogP contribution in [0.2, 0.25) is 5.02 Å². The monoisotopic (exact) mass is 508 g/mol. The Hall–Kier alpha value is -3.42. The molecule has 0 saturated carbocycles. The van der Waals surface area contributed by atoms with Crippen LogP contribution in [0.25, 0.3) is 10.9 Å². The Labute approximate surface area is 213 Å². The van der Waals surface area contributed by atoms with E-state index in [1.165, 1.54) is 0 Å². The van der Waals surface area contributed by atoms with E-state index in [2.05, 4.69) is 10.3 Å². The third kappa shape index (κ3) is 5.47. The summed E-state index contributed by atoms with van der Waals surface area (Å²) < 4.78 is 17.1. The fourth-order valence-electron chi connectivity index (χ4n) is 3.65. The van der Waals surface area contributed by atoms with Gasteiger partial charge in [0.2, 0.25) is 0 Å². The van der Waals surface area contributed by atoms with Crippen LogP contribution in [-0.4, -0.2) is 24.4 Å². The molecule has 0 fully saturated rings. The second-order valence-corrected chi connectivity index (χ2v) is 9.44. The van der Waals surface area contributed by atoms with E-state index in [0.29, 0.717) is 28.0 Å². The number of halogens is 1. The molecule has 0 radical (unpaired) electrons. The maximum atomic E-state index is 12.7. The number of pyridine rings is 1. The van der Waals surface area contributed by atoms with Crippen LogP contribution in [0.1, 0.15) is 16.7 Å². The minimum absolute atomic E-state index is 0.173. The van der Waals surface area contributed by atoms with Crippen LogP contribution >= 0.6 is 23.4 Å². The minimum atomic E-state index is -0.173. The summed E-state index contributed by atoms with van der Waals surface area (Å²) in [5.41, 5.74) is 4.17. The summed E-state index contributed by atoms with van der Waals surface area (Å²) in [7, 11) is 3.18. The molecule has 35 heavy (non-hydrogen) atoms. The van der Waals surface area contributed by atoms with Crippen LogP contribution in [0.3, 0.4) is 0 Å². The number of nitrogens with one attached hydrogen (secondary N) is 1. The van der Waals surface area contributed by atoms with Gasteiger partial charge in [0.05, 0.1) is 19.7 Å². The van der Waals surface area contributed by atoms with Gasteiger partial charge in [-0.05, 0) is 91.7 Å². The van der Waals surface area contributed by atoms with Crippen LogP contribution in [0.5, 0.6) is 23.0 Å². The zero-order chi connectivity index (χ0) is 25.1. The predicted octanol–water partition coefficient (Wildman–Crippen LogP) is 7.95. The number of thioether (sulfide) groups is 1. The number of methoxy groups -OCH3 is 2. The van der Waals surface area contributed by atoms with Gasteiger partial charge in [0, 0.05) is 33.3 Å². The van der Waals surface area contributed by atoms with E-state index in [0.717, 1.165) is 49.9 Å². The lowest BCUT2D eigenvalue weighted by molar-refractivity contribution is 0.269. The largest absolute Gasteiger partial charge is 0.493 e. The highest BCUT2D eigenvalue weighted by Gasteiger charge is 2.15. The second kappa shape index (κ2) is 10.5. The van der Waals surface area contributed by atoms with Crippen molar-refractivity contribution < 1.29 is 19.0 Å². The molecule has 1 heterocycles. The number of anilines is 1. The maximum Gasteiger partial charge on any atom is 0.288 e. The van der Waals surface area contributed by atoms with Gasteiger partial charge in [0.15, 0.2) is 11.5 Å². The summed E-state index contributed by atoms with van der Waals surface area (Å²) in [5, 5.41) is 4.26. The summed E-state index contributed by atoms with van der Waals surface area (Å²) in [6.45, 7) is 5.80. The van der Waals surface area contributed by atoms with E-state index >= 15 is 0 Å². The number of ether oxygens (including phenoxy) is 3. The SMILES string of the molecule is COc1cc2nccc(Oc3cc(C)c(NC(=O)Sc4ccc(Cl)cc4C)cc3C)c2cc1OC. The fraction of sp³-hybridized carbons (Fsp3) is 0.185. The molecule has 1 aromatic heterocycles. The van der Waals surface area contributed by atoms with Crippen molar-refractivity contribution in [2.75, 3.05) is 19.5 Å². The number of carbonyl (C=O) groups excluding carboxylic acids is 1. The topological polar surface area (TPSA) is 69.7 Å². The molecule has 180 valence electrons. The Kier molecular flexibility index (Phi) is 7.38. The van der Waals surface area contributed by atoms with Gasteiger partial charge in [-0.15, -0.1) is 0 Å². The third-order valence-electron chi connectivity index (χ3n) is 5.53. The predicted molar refractivity (Wildman–Crippen MR) is 142 cm³/mol. The molecule has 0 spiro atoms. The van der Waals surface area contributed by atoms with E-state index in [-0.39, 0.29) is 5.24 Å². The van der Waals surface area contributed by atoms with Crippen molar-refractivity contribution in [3.05, 3.63) is 76.4 Å². The highest BCUT2D eigenvalue weighted by molar-refractivity contribution is 8.14. The smallest absolute Gasteiger partial charge is 0.288 e. The average molecular weight is 509 g/mol. The number of amides is 1. The van der Waals surface area contributed by atoms with Crippen molar-refractivity contribution in [2.24, 2.45) is 0 Å². The van der Waals surface area contributed by atoms with Crippen molar-refractivity contribution in [2.45, 2.75) is 25.7 Å². The molecule has 3 aromatic carbocycles. The van der Waals surface area contributed by atoms with Crippen LogP contribution in [-0.2, 0) is 0 Å². The van der Waals surface area contributed by atoms with Gasteiger partial charge in [-0.25, -0.2) is 0 Å². The van der Waals surface area contributed by atoms with Gasteiger partial charge >= 0.3 is 0 Å². The summed E-state index contributed by atoms with van der Waals surface area (Å²) in [5.74, 6) is 2.52. The molecule has 0 saturated heterocycles. The first-order valence-electron chi connectivity index (χ1n) is 10.8. The Bertz CT molecular complexity index is 1420. The number of hydrogen-bond donors (Lipinski definition) is 1. The van der Waals surface area contributed by atoms with Gasteiger partial charge in [-0.3, -0.25) is 9.78 Å². The average Bonchev–Trinajstić information content (AvgIpc) is 2.83. The molecule has 6 nitrogen and oxygen atoms in total. The molecule has 0 aliphatic carbocycles. The summed E-state index contributed by atoms with van der Waals surface area (Å²) in [6, 6.07) is 14.8. The Morgan fingerprint density at radius 2 is 1.60 bits per heavy atom. The van der Waals surface area contributed by atoms with Gasteiger partial charge in [-0.2, -0.15) is 0 Å². The zero-order valence-corrected chi connectivity index (χ0v) is 21.6. The van der Waals surface area contributed by atoms with Crippen molar-refractivity contribution in [1.82, 2.24) is 4.98 Å². The molecule has 0 aliphatic heterocycles. The molecule has 1 N–H and O–H groups in total. The first kappa shape index (κ1) is 24.7. The van der Waals surface area contributed by atoms with Crippen molar-refractivity contribution >= 4 is 45.2 Å². The Morgan fingerprint density at radius 1 is 0.857 bits per heavy atom. The molecule has 8 heteroatoms. The van der Waals surface area contributed by atoms with Gasteiger partial charge in [0.1, 0.15) is 11.5 Å². The first-order valence-corrected chi connectivity index (χ1v) is 12.0. The number of nitrogens with zero attached hydrogens (tertiary/aromatic N) is 1. The van der Waals surface area contributed by atoms with Crippen LogP contribution in [0.4, 0.5) is 10.5 Å². The zero-order valence-electron chi connectivity index (χ0n) is 20.1. The van der Waals surface area contributed by atoms with E-state index in [1.54, 1.807) is 26.5 Å². The number of hydrogen-bond acceptors (Lipinski definition) is 6. The van der Waals surface area contributed by atoms with Crippen molar-refractivity contribution in [1.29, 1.82) is 0 Å². The molecular formula is C27H25ClN2O4S. The standard InChI is InChI=1S/C27H25ClN2O4S/c1-15-12-23(34-22-8-9-29-21-14-25(33-5)24(32-4)13-19(21)22)16(2)11-20(15)30-27(31)35-26-7-6-18(28)10-17(26)3/h6-14H,1-5H3,(H,30,31). The Morgan fingerprint density at radius 3 is 2.31 bits per heavy atom. The molecular weight excluding hydrogens is 484 g/mol. The first-order chi connectivity index (χ1) is 16.8. The fourth-order valence-corrected chi connectivity index (χ4v) is 4.60. The normalized spacial score (nSPS) is 10.8. The lowest BCUT2D eigenvalue weighted by Crippen LogP contribution is -2.07. The van der Waals surface area contributed by atoms with Gasteiger partial charge in [-0.1, -0.05) is 11.6 Å². The van der Waals surface area contributed by atoms with Crippen LogP contribution < -0.4 is 19.5 Å². The molecule has 0 atom stereocenters. The molecule has 4 aromatic rings. The van der Waals surface area contributed by atoms with Crippen molar-refractivity contribution in [3.8, 4) is 23.0 Å². The lowest BCUT2D eigenvalue weighted by atomic mass is 10.1. The van der Waals surface area contributed by atoms with E-state index in [9.17, 15) is 4.79 Å². The number of benzene rings is 3. The molecule has 0 unspecified atom stereocenters. The van der Waals surface area contributed by atoms with Crippen molar-refractivity contribution in [3.63, 3.8) is 0 Å². The highest BCUT2D eigenvalue weighted by Crippen LogP contribution is 2.38.